The van der Waals surface area contributed by atoms with Crippen LogP contribution in [0, 0.1) is 6.73 Å². The predicted octanol–water partition coefficient (Wildman–Crippen LogP) is -1.09. The summed E-state index contributed by atoms with van der Waals surface area (Å²) in [7, 11) is -2.55. The normalized spacial score (nSPS) is 22.5. The van der Waals surface area contributed by atoms with Crippen molar-refractivity contribution in [2.45, 2.75) is 31.6 Å². The third kappa shape index (κ3) is 6.27. The van der Waals surface area contributed by atoms with Crippen LogP contribution in [0.25, 0.3) is 0 Å². The quantitative estimate of drug-likeness (QED) is 0.0849. The van der Waals surface area contributed by atoms with Gasteiger partial charge in [-0.3, -0.25) is 14.2 Å². The van der Waals surface area contributed by atoms with E-state index >= 15 is 0 Å². The summed E-state index contributed by atoms with van der Waals surface area (Å²) in [5, 5.41) is 0.183. The Morgan fingerprint density at radius 3 is 2.72 bits per heavy atom. The standard InChI is InChI=1S/C18H22ClN4O6S2.K/c1-12(28-2)22-15(17(24)23(18(22)30)13-7-3-4-8-20-13)14-16(19)29-11-21(14)9-5-6-10-31(25,26)27;/h3-4,7-8,11-12,16H,5-6,9-10H2,1-2H3,(H,25,26,27);/q-1;+1. The zero-order valence-electron chi connectivity index (χ0n) is 17.8. The van der Waals surface area contributed by atoms with Gasteiger partial charge in [-0.1, -0.05) is 17.7 Å². The number of methoxy groups -OCH3 is 1. The molecule has 2 fully saturated rings. The van der Waals surface area contributed by atoms with Gasteiger partial charge in [-0.05, 0) is 50.7 Å². The number of carbonyl (C=O) groups excluding carboxylic acids is 1. The average molecular weight is 529 g/mol. The molecule has 0 bridgehead atoms. The third-order valence-corrected chi connectivity index (χ3v) is 6.25. The van der Waals surface area contributed by atoms with Crippen molar-refractivity contribution in [3.63, 3.8) is 0 Å². The summed E-state index contributed by atoms with van der Waals surface area (Å²) < 4.78 is 41.6. The van der Waals surface area contributed by atoms with Crippen LogP contribution >= 0.6 is 23.8 Å². The van der Waals surface area contributed by atoms with E-state index in [-0.39, 0.29) is 74.4 Å². The summed E-state index contributed by atoms with van der Waals surface area (Å²) in [6, 6.07) is 5.13. The Morgan fingerprint density at radius 1 is 1.41 bits per heavy atom. The molecule has 170 valence electrons. The molecule has 2 aliphatic heterocycles. The Balaban J connectivity index is 0.00000363. The second-order valence-electron chi connectivity index (χ2n) is 6.79. The summed E-state index contributed by atoms with van der Waals surface area (Å²) in [6.45, 7) is 3.43. The molecule has 2 unspecified atom stereocenters. The maximum absolute atomic E-state index is 13.5. The molecule has 0 aliphatic carbocycles. The van der Waals surface area contributed by atoms with Crippen LogP contribution in [0.15, 0.2) is 35.8 Å². The maximum atomic E-state index is 13.5. The van der Waals surface area contributed by atoms with Crippen molar-refractivity contribution < 1.29 is 78.6 Å². The predicted molar refractivity (Wildman–Crippen MR) is 117 cm³/mol. The Bertz CT molecular complexity index is 981. The van der Waals surface area contributed by atoms with Crippen LogP contribution in [0.1, 0.15) is 19.8 Å². The van der Waals surface area contributed by atoms with E-state index in [0.717, 1.165) is 0 Å². The molecule has 0 spiro atoms. The smallest absolute Gasteiger partial charge is 0.513 e. The van der Waals surface area contributed by atoms with Crippen molar-refractivity contribution in [3.05, 3.63) is 42.5 Å². The molecule has 0 radical (unpaired) electrons. The topological polar surface area (TPSA) is 113 Å². The summed E-state index contributed by atoms with van der Waals surface area (Å²) in [5.74, 6) is -0.438. The molecule has 0 saturated carbocycles. The first-order chi connectivity index (χ1) is 14.7. The van der Waals surface area contributed by atoms with E-state index in [2.05, 4.69) is 4.98 Å². The second-order valence-corrected chi connectivity index (χ2v) is 9.13. The number of thiocarbonyl (C=S) groups is 1. The van der Waals surface area contributed by atoms with Gasteiger partial charge in [-0.25, -0.2) is 9.88 Å². The van der Waals surface area contributed by atoms with Crippen LogP contribution in [0.2, 0.25) is 0 Å². The van der Waals surface area contributed by atoms with Gasteiger partial charge in [-0.15, -0.1) is 6.73 Å². The van der Waals surface area contributed by atoms with E-state index in [1.807, 2.05) is 0 Å². The van der Waals surface area contributed by atoms with E-state index in [0.29, 0.717) is 24.5 Å². The maximum Gasteiger partial charge on any atom is 1.00 e. The molecule has 2 atom stereocenters. The van der Waals surface area contributed by atoms with Gasteiger partial charge in [-0.2, -0.15) is 8.42 Å². The number of halogens is 1. The van der Waals surface area contributed by atoms with Crippen LogP contribution in [0.4, 0.5) is 5.82 Å². The molecule has 3 heterocycles. The van der Waals surface area contributed by atoms with E-state index in [9.17, 15) is 13.2 Å². The van der Waals surface area contributed by atoms with Gasteiger partial charge >= 0.3 is 51.4 Å². The Labute approximate surface area is 240 Å². The van der Waals surface area contributed by atoms with Gasteiger partial charge in [0.2, 0.25) is 0 Å². The molecule has 1 aromatic heterocycles. The van der Waals surface area contributed by atoms with Crippen LogP contribution < -0.4 is 56.3 Å². The van der Waals surface area contributed by atoms with Crippen molar-refractivity contribution in [2.75, 3.05) is 24.3 Å². The van der Waals surface area contributed by atoms with Crippen LogP contribution in [-0.2, 0) is 24.4 Å². The van der Waals surface area contributed by atoms with Gasteiger partial charge in [0, 0.05) is 13.3 Å². The number of unbranched alkanes of at least 4 members (excludes halogenated alkanes) is 1. The summed E-state index contributed by atoms with van der Waals surface area (Å²) >= 11 is 11.9. The van der Waals surface area contributed by atoms with Gasteiger partial charge in [0.15, 0.2) is 5.11 Å². The van der Waals surface area contributed by atoms with Crippen molar-refractivity contribution in [1.82, 2.24) is 14.8 Å². The van der Waals surface area contributed by atoms with Crippen molar-refractivity contribution >= 4 is 50.8 Å². The van der Waals surface area contributed by atoms with Gasteiger partial charge in [0.25, 0.3) is 16.0 Å². The van der Waals surface area contributed by atoms with Crippen LogP contribution in [0.5, 0.6) is 0 Å². The summed E-state index contributed by atoms with van der Waals surface area (Å²) in [5.41, 5.74) is -0.407. The van der Waals surface area contributed by atoms with Crippen molar-refractivity contribution in [1.29, 1.82) is 0 Å². The first-order valence-electron chi connectivity index (χ1n) is 9.36. The number of rotatable bonds is 8. The fraction of sp³-hybridized carbons (Fsp3) is 0.444. The molecule has 32 heavy (non-hydrogen) atoms. The number of ether oxygens (including phenoxy) is 2. The number of amides is 1. The monoisotopic (exact) mass is 528 g/mol. The first kappa shape index (κ1) is 28.0. The number of alkyl halides is 1. The molecule has 2 saturated heterocycles. The summed E-state index contributed by atoms with van der Waals surface area (Å²) in [6.07, 6.45) is 1.60. The summed E-state index contributed by atoms with van der Waals surface area (Å²) in [4.78, 5) is 22.2. The molecule has 10 nitrogen and oxygen atoms in total. The molecule has 1 N–H and O–H groups in total. The number of anilines is 1. The first-order valence-corrected chi connectivity index (χ1v) is 11.8. The molecule has 0 aromatic carbocycles. The molecular formula is C18H22ClKN4O6S2. The Kier molecular flexibility index (Phi) is 10.5. The Hall–Kier alpha value is -0.194. The fourth-order valence-electron chi connectivity index (χ4n) is 3.22. The van der Waals surface area contributed by atoms with Crippen LogP contribution in [0.3, 0.4) is 0 Å². The van der Waals surface area contributed by atoms with Crippen LogP contribution in [-0.4, -0.2) is 70.0 Å². The minimum absolute atomic E-state index is 0. The Morgan fingerprint density at radius 2 is 2.12 bits per heavy atom. The second kappa shape index (κ2) is 12.0. The minimum atomic E-state index is -4.04. The molecule has 2 aliphatic rings. The number of pyridine rings is 1. The fourth-order valence-corrected chi connectivity index (χ4v) is 4.48. The molecule has 14 heteroatoms. The number of nitrogens with zero attached hydrogens (tertiary/aromatic N) is 4. The molecule has 1 amide bonds. The largest absolute Gasteiger partial charge is 1.00 e. The van der Waals surface area contributed by atoms with Crippen molar-refractivity contribution in [2.24, 2.45) is 0 Å². The molecule has 3 rings (SSSR count). The third-order valence-electron chi connectivity index (χ3n) is 4.75. The van der Waals surface area contributed by atoms with Gasteiger partial charge in [0.05, 0.1) is 11.4 Å². The van der Waals surface area contributed by atoms with E-state index in [1.54, 1.807) is 41.1 Å². The van der Waals surface area contributed by atoms with E-state index in [1.165, 1.54) is 18.7 Å². The SMILES string of the molecule is COC(C)N1C(=S)N(c2ccccn2)C(=O)C1=C1C(Cl)O[CH-]N1CCCCS(=O)(=O)O.[K+]. The number of carbonyl (C=O) groups is 1. The zero-order chi connectivity index (χ0) is 22.8. The number of hydrogen-bond donors (Lipinski definition) is 1. The average Bonchev–Trinajstić information content (AvgIpc) is 3.20. The number of hydrogen-bond acceptors (Lipinski definition) is 8. The van der Waals surface area contributed by atoms with Gasteiger partial charge in [0.1, 0.15) is 23.3 Å². The molecular weight excluding hydrogens is 507 g/mol. The van der Waals surface area contributed by atoms with E-state index in [4.69, 9.17) is 37.8 Å². The number of aromatic nitrogens is 1. The van der Waals surface area contributed by atoms with Crippen molar-refractivity contribution in [3.8, 4) is 0 Å². The van der Waals surface area contributed by atoms with E-state index < -0.39 is 27.8 Å². The zero-order valence-corrected chi connectivity index (χ0v) is 23.4. The molecule has 1 aromatic rings. The van der Waals surface area contributed by atoms with Gasteiger partial charge < -0.3 is 14.4 Å². The minimum Gasteiger partial charge on any atom is -0.513 e.